The maximum absolute atomic E-state index is 12.7. The van der Waals surface area contributed by atoms with E-state index in [1.54, 1.807) is 25.1 Å². The maximum atomic E-state index is 12.7. The molecule has 0 bridgehead atoms. The number of fused-ring (bicyclic) bond motifs is 1. The van der Waals surface area contributed by atoms with Crippen molar-refractivity contribution in [2.24, 2.45) is 0 Å². The fourth-order valence-corrected chi connectivity index (χ4v) is 2.90. The molecule has 2 amide bonds. The Labute approximate surface area is 159 Å². The van der Waals surface area contributed by atoms with Crippen molar-refractivity contribution in [1.29, 1.82) is 0 Å². The quantitative estimate of drug-likeness (QED) is 0.247. The lowest BCUT2D eigenvalue weighted by molar-refractivity contribution is -0.385. The lowest BCUT2D eigenvalue weighted by Crippen LogP contribution is -2.44. The van der Waals surface area contributed by atoms with E-state index in [9.17, 15) is 24.5 Å². The van der Waals surface area contributed by atoms with Crippen LogP contribution in [0.5, 0.6) is 11.5 Å². The molecule has 0 saturated heterocycles. The van der Waals surface area contributed by atoms with E-state index < -0.39 is 34.4 Å². The average molecular weight is 384 g/mol. The van der Waals surface area contributed by atoms with Crippen molar-refractivity contribution in [1.82, 2.24) is 4.90 Å². The van der Waals surface area contributed by atoms with E-state index in [0.717, 1.165) is 6.07 Å². The van der Waals surface area contributed by atoms with Crippen LogP contribution in [0, 0.1) is 10.1 Å². The zero-order chi connectivity index (χ0) is 20.4. The van der Waals surface area contributed by atoms with Crippen LogP contribution in [0.3, 0.4) is 0 Å². The predicted octanol–water partition coefficient (Wildman–Crippen LogP) is 2.58. The van der Waals surface area contributed by atoms with Crippen molar-refractivity contribution in [3.63, 3.8) is 0 Å². The number of nitro benzene ring substituents is 1. The van der Waals surface area contributed by atoms with Crippen molar-refractivity contribution < 1.29 is 28.8 Å². The summed E-state index contributed by atoms with van der Waals surface area (Å²) in [4.78, 5) is 48.9. The van der Waals surface area contributed by atoms with E-state index in [1.807, 2.05) is 0 Å². The van der Waals surface area contributed by atoms with Crippen LogP contribution in [0.15, 0.2) is 42.5 Å². The zero-order valence-electron chi connectivity index (χ0n) is 15.1. The topological polar surface area (TPSA) is 116 Å². The summed E-state index contributed by atoms with van der Waals surface area (Å²) in [5.74, 6) is -2.09. The molecule has 0 saturated carbocycles. The number of ether oxygens (including phenoxy) is 2. The molecule has 28 heavy (non-hydrogen) atoms. The van der Waals surface area contributed by atoms with Gasteiger partial charge in [0.05, 0.1) is 17.1 Å². The Morgan fingerprint density at radius 2 is 1.79 bits per heavy atom. The number of benzene rings is 2. The van der Waals surface area contributed by atoms with Gasteiger partial charge >= 0.3 is 5.97 Å². The van der Waals surface area contributed by atoms with Crippen LogP contribution in [-0.2, 0) is 4.79 Å². The van der Waals surface area contributed by atoms with Gasteiger partial charge in [-0.25, -0.2) is 4.79 Å². The minimum absolute atomic E-state index is 0.117. The minimum Gasteiger partial charge on any atom is -0.490 e. The van der Waals surface area contributed by atoms with Crippen LogP contribution >= 0.6 is 0 Å². The van der Waals surface area contributed by atoms with Gasteiger partial charge in [-0.1, -0.05) is 18.2 Å². The largest absolute Gasteiger partial charge is 0.490 e. The molecule has 1 aliphatic rings. The van der Waals surface area contributed by atoms with Gasteiger partial charge in [-0.2, -0.15) is 0 Å². The third kappa shape index (κ3) is 3.18. The van der Waals surface area contributed by atoms with E-state index in [-0.39, 0.29) is 16.9 Å². The summed E-state index contributed by atoms with van der Waals surface area (Å²) in [7, 11) is 0. The first kappa shape index (κ1) is 19.0. The van der Waals surface area contributed by atoms with Crippen LogP contribution in [0.25, 0.3) is 0 Å². The van der Waals surface area contributed by atoms with Crippen molar-refractivity contribution in [2.45, 2.75) is 19.9 Å². The van der Waals surface area contributed by atoms with Crippen LogP contribution < -0.4 is 9.47 Å². The van der Waals surface area contributed by atoms with Gasteiger partial charge in [0.1, 0.15) is 11.6 Å². The number of nitro groups is 1. The molecule has 9 nitrogen and oxygen atoms in total. The van der Waals surface area contributed by atoms with Gasteiger partial charge in [0.25, 0.3) is 17.5 Å². The lowest BCUT2D eigenvalue weighted by Gasteiger charge is -2.21. The Hall–Kier alpha value is -3.75. The first-order chi connectivity index (χ1) is 13.4. The summed E-state index contributed by atoms with van der Waals surface area (Å²) in [6.45, 7) is 3.44. The molecule has 0 fully saturated rings. The Bertz CT molecular complexity index is 986. The number of rotatable bonds is 6. The molecular weight excluding hydrogens is 368 g/mol. The lowest BCUT2D eigenvalue weighted by atomic mass is 10.1. The van der Waals surface area contributed by atoms with Gasteiger partial charge in [-0.15, -0.1) is 0 Å². The number of carbonyl (C=O) groups excluding carboxylic acids is 3. The highest BCUT2D eigenvalue weighted by Gasteiger charge is 2.45. The van der Waals surface area contributed by atoms with Gasteiger partial charge in [0, 0.05) is 6.07 Å². The summed E-state index contributed by atoms with van der Waals surface area (Å²) < 4.78 is 10.7. The third-order valence-electron chi connectivity index (χ3n) is 4.21. The number of esters is 1. The first-order valence-corrected chi connectivity index (χ1v) is 8.45. The van der Waals surface area contributed by atoms with Crippen molar-refractivity contribution in [2.75, 3.05) is 6.61 Å². The average Bonchev–Trinajstić information content (AvgIpc) is 2.93. The molecule has 1 atom stereocenters. The van der Waals surface area contributed by atoms with E-state index >= 15 is 0 Å². The van der Waals surface area contributed by atoms with Gasteiger partial charge in [-0.05, 0) is 32.0 Å². The van der Waals surface area contributed by atoms with Crippen LogP contribution in [0.1, 0.15) is 34.6 Å². The fourth-order valence-electron chi connectivity index (χ4n) is 2.90. The molecule has 0 radical (unpaired) electrons. The van der Waals surface area contributed by atoms with E-state index in [2.05, 4.69) is 0 Å². The standard InChI is InChI=1S/C19H16N2O7/c1-3-27-14-9-4-5-10-15(14)28-19(24)11(2)20-17(22)12-7-6-8-13(21(25)26)16(12)18(20)23/h4-11H,3H2,1-2H3. The summed E-state index contributed by atoms with van der Waals surface area (Å²) in [5, 5.41) is 11.2. The first-order valence-electron chi connectivity index (χ1n) is 8.45. The number of nitrogens with zero attached hydrogens (tertiary/aromatic N) is 2. The summed E-state index contributed by atoms with van der Waals surface area (Å²) >= 11 is 0. The molecule has 0 N–H and O–H groups in total. The van der Waals surface area contributed by atoms with Gasteiger partial charge in [-0.3, -0.25) is 24.6 Å². The second kappa shape index (κ2) is 7.47. The number of imide groups is 1. The molecule has 1 aliphatic heterocycles. The minimum atomic E-state index is -1.29. The molecular formula is C19H16N2O7. The number of para-hydroxylation sites is 2. The van der Waals surface area contributed by atoms with Gasteiger partial charge in [0.2, 0.25) is 0 Å². The Kier molecular flexibility index (Phi) is 5.08. The van der Waals surface area contributed by atoms with Gasteiger partial charge < -0.3 is 9.47 Å². The van der Waals surface area contributed by atoms with Crippen LogP contribution in [0.4, 0.5) is 5.69 Å². The monoisotopic (exact) mass is 384 g/mol. The molecule has 1 unspecified atom stereocenters. The highest BCUT2D eigenvalue weighted by atomic mass is 16.6. The molecule has 0 spiro atoms. The van der Waals surface area contributed by atoms with Crippen molar-refractivity contribution in [3.05, 3.63) is 63.7 Å². The smallest absolute Gasteiger partial charge is 0.334 e. The highest BCUT2D eigenvalue weighted by Crippen LogP contribution is 2.33. The van der Waals surface area contributed by atoms with Crippen molar-refractivity contribution in [3.8, 4) is 11.5 Å². The second-order valence-corrected chi connectivity index (χ2v) is 5.91. The molecule has 3 rings (SSSR count). The van der Waals surface area contributed by atoms with E-state index in [1.165, 1.54) is 25.1 Å². The highest BCUT2D eigenvalue weighted by molar-refractivity contribution is 6.24. The SMILES string of the molecule is CCOc1ccccc1OC(=O)C(C)N1C(=O)c2cccc([N+](=O)[O-])c2C1=O. The summed E-state index contributed by atoms with van der Waals surface area (Å²) in [6.07, 6.45) is 0. The number of hydrogen-bond acceptors (Lipinski definition) is 7. The Morgan fingerprint density at radius 3 is 2.43 bits per heavy atom. The predicted molar refractivity (Wildman–Crippen MR) is 96.3 cm³/mol. The van der Waals surface area contributed by atoms with Gasteiger partial charge in [0.15, 0.2) is 11.5 Å². The fraction of sp³-hybridized carbons (Fsp3) is 0.211. The number of amides is 2. The summed E-state index contributed by atoms with van der Waals surface area (Å²) in [5.41, 5.74) is -0.930. The summed E-state index contributed by atoms with van der Waals surface area (Å²) in [6, 6.07) is 8.94. The third-order valence-corrected chi connectivity index (χ3v) is 4.21. The van der Waals surface area contributed by atoms with Crippen molar-refractivity contribution >= 4 is 23.5 Å². The molecule has 2 aromatic rings. The molecule has 144 valence electrons. The maximum Gasteiger partial charge on any atom is 0.334 e. The molecule has 0 aliphatic carbocycles. The number of hydrogen-bond donors (Lipinski definition) is 0. The normalized spacial score (nSPS) is 13.9. The molecule has 1 heterocycles. The van der Waals surface area contributed by atoms with E-state index in [4.69, 9.17) is 9.47 Å². The second-order valence-electron chi connectivity index (χ2n) is 5.91. The Morgan fingerprint density at radius 1 is 1.11 bits per heavy atom. The molecule has 0 aromatic heterocycles. The number of carbonyl (C=O) groups is 3. The molecule has 9 heteroatoms. The zero-order valence-corrected chi connectivity index (χ0v) is 15.1. The van der Waals surface area contributed by atoms with Crippen LogP contribution in [0.2, 0.25) is 0 Å². The Balaban J connectivity index is 1.87. The van der Waals surface area contributed by atoms with E-state index in [0.29, 0.717) is 17.3 Å². The van der Waals surface area contributed by atoms with Crippen LogP contribution in [-0.4, -0.2) is 40.3 Å². The molecule has 2 aromatic carbocycles.